The molecule has 24 heavy (non-hydrogen) atoms. The molecule has 0 heterocycles. The van der Waals surface area contributed by atoms with Crippen LogP contribution in [0, 0.1) is 0 Å². The highest BCUT2D eigenvalue weighted by Crippen LogP contribution is 2.30. The average Bonchev–Trinajstić information content (AvgIpc) is 2.61. The highest BCUT2D eigenvalue weighted by molar-refractivity contribution is 6.08. The van der Waals surface area contributed by atoms with E-state index in [0.717, 1.165) is 0 Å². The fraction of sp³-hybridized carbons (Fsp3) is 0.176. The van der Waals surface area contributed by atoms with Gasteiger partial charge in [-0.2, -0.15) is 0 Å². The molecule has 0 aliphatic heterocycles. The molecule has 0 aliphatic carbocycles. The molecule has 0 unspecified atom stereocenters. The van der Waals surface area contributed by atoms with Crippen LogP contribution in [0.1, 0.15) is 20.7 Å². The topological polar surface area (TPSA) is 99.9 Å². The van der Waals surface area contributed by atoms with E-state index in [4.69, 9.17) is 19.9 Å². The predicted octanol–water partition coefficient (Wildman–Crippen LogP) is 2.06. The second kappa shape index (κ2) is 7.36. The molecule has 0 bridgehead atoms. The van der Waals surface area contributed by atoms with Crippen molar-refractivity contribution in [3.05, 3.63) is 47.5 Å². The number of hydrogen-bond donors (Lipinski definition) is 2. The Morgan fingerprint density at radius 2 is 1.62 bits per heavy atom. The summed E-state index contributed by atoms with van der Waals surface area (Å²) >= 11 is 0. The molecule has 2 amide bonds. The summed E-state index contributed by atoms with van der Waals surface area (Å²) in [6.07, 6.45) is 0. The van der Waals surface area contributed by atoms with Gasteiger partial charge in [-0.15, -0.1) is 0 Å². The fourth-order valence-corrected chi connectivity index (χ4v) is 2.13. The van der Waals surface area contributed by atoms with Gasteiger partial charge in [0.2, 0.25) is 5.91 Å². The average molecular weight is 330 g/mol. The van der Waals surface area contributed by atoms with Gasteiger partial charge in [-0.25, -0.2) is 0 Å². The number of amides is 2. The van der Waals surface area contributed by atoms with E-state index in [1.54, 1.807) is 18.2 Å². The van der Waals surface area contributed by atoms with E-state index in [1.165, 1.54) is 39.5 Å². The van der Waals surface area contributed by atoms with Gasteiger partial charge in [-0.1, -0.05) is 0 Å². The molecule has 0 atom stereocenters. The quantitative estimate of drug-likeness (QED) is 0.844. The zero-order valence-electron chi connectivity index (χ0n) is 13.6. The Labute approximate surface area is 139 Å². The van der Waals surface area contributed by atoms with Crippen LogP contribution in [0.25, 0.3) is 0 Å². The minimum Gasteiger partial charge on any atom is -0.497 e. The van der Waals surface area contributed by atoms with Crippen molar-refractivity contribution in [2.45, 2.75) is 0 Å². The maximum absolute atomic E-state index is 12.6. The van der Waals surface area contributed by atoms with Crippen LogP contribution in [0.3, 0.4) is 0 Å². The van der Waals surface area contributed by atoms with Gasteiger partial charge in [0.1, 0.15) is 17.2 Å². The lowest BCUT2D eigenvalue weighted by atomic mass is 10.1. The third-order valence-corrected chi connectivity index (χ3v) is 3.39. The summed E-state index contributed by atoms with van der Waals surface area (Å²) in [5.41, 5.74) is 6.11. The van der Waals surface area contributed by atoms with E-state index >= 15 is 0 Å². The van der Waals surface area contributed by atoms with Crippen molar-refractivity contribution < 1.29 is 23.8 Å². The molecule has 0 fully saturated rings. The van der Waals surface area contributed by atoms with Crippen molar-refractivity contribution in [3.8, 4) is 17.2 Å². The summed E-state index contributed by atoms with van der Waals surface area (Å²) in [4.78, 5) is 23.9. The first-order valence-corrected chi connectivity index (χ1v) is 7.01. The van der Waals surface area contributed by atoms with E-state index in [2.05, 4.69) is 5.32 Å². The normalized spacial score (nSPS) is 9.96. The summed E-state index contributed by atoms with van der Waals surface area (Å²) in [6.45, 7) is 0. The summed E-state index contributed by atoms with van der Waals surface area (Å²) in [6, 6.07) is 9.38. The highest BCUT2D eigenvalue weighted by Gasteiger charge is 2.17. The maximum Gasteiger partial charge on any atom is 0.259 e. The van der Waals surface area contributed by atoms with E-state index in [1.807, 2.05) is 0 Å². The summed E-state index contributed by atoms with van der Waals surface area (Å²) < 4.78 is 15.5. The molecule has 0 aromatic heterocycles. The van der Waals surface area contributed by atoms with Gasteiger partial charge >= 0.3 is 0 Å². The number of ether oxygens (including phenoxy) is 3. The molecule has 2 aromatic carbocycles. The molecule has 0 aliphatic rings. The second-order valence-electron chi connectivity index (χ2n) is 4.80. The van der Waals surface area contributed by atoms with Crippen LogP contribution in [0.4, 0.5) is 5.69 Å². The lowest BCUT2D eigenvalue weighted by molar-refractivity contribution is 0.1000. The Balaban J connectivity index is 2.36. The Morgan fingerprint density at radius 3 is 2.21 bits per heavy atom. The number of carbonyl (C=O) groups is 2. The smallest absolute Gasteiger partial charge is 0.259 e. The second-order valence-corrected chi connectivity index (χ2v) is 4.80. The Morgan fingerprint density at radius 1 is 0.917 bits per heavy atom. The third-order valence-electron chi connectivity index (χ3n) is 3.39. The van der Waals surface area contributed by atoms with Gasteiger partial charge in [0.15, 0.2) is 0 Å². The first kappa shape index (κ1) is 17.1. The zero-order valence-corrected chi connectivity index (χ0v) is 13.6. The maximum atomic E-state index is 12.6. The molecular weight excluding hydrogens is 312 g/mol. The number of nitrogens with two attached hydrogens (primary N) is 1. The number of hydrogen-bond acceptors (Lipinski definition) is 5. The molecular formula is C17H18N2O5. The highest BCUT2D eigenvalue weighted by atomic mass is 16.5. The SMILES string of the molecule is COc1ccc(NC(=O)c2cc(C(N)=O)ccc2OC)c(OC)c1. The molecule has 2 aromatic rings. The first-order valence-electron chi connectivity index (χ1n) is 7.01. The van der Waals surface area contributed by atoms with E-state index in [-0.39, 0.29) is 11.1 Å². The monoisotopic (exact) mass is 330 g/mol. The molecule has 126 valence electrons. The molecule has 0 saturated carbocycles. The first-order chi connectivity index (χ1) is 11.5. The molecule has 7 heteroatoms. The minimum atomic E-state index is -0.631. The van der Waals surface area contributed by atoms with Crippen molar-refractivity contribution in [1.82, 2.24) is 0 Å². The van der Waals surface area contributed by atoms with Crippen molar-refractivity contribution in [2.24, 2.45) is 5.73 Å². The zero-order chi connectivity index (χ0) is 17.7. The van der Waals surface area contributed by atoms with Crippen LogP contribution in [0.5, 0.6) is 17.2 Å². The predicted molar refractivity (Wildman–Crippen MR) is 89.0 cm³/mol. The standard InChI is InChI=1S/C17H18N2O5/c1-22-11-5-6-13(15(9-11)24-3)19-17(21)12-8-10(16(18)20)4-7-14(12)23-2/h4-9H,1-3H3,(H2,18,20)(H,19,21). The summed E-state index contributed by atoms with van der Waals surface area (Å²) in [5.74, 6) is 0.267. The number of rotatable bonds is 6. The Bertz CT molecular complexity index is 774. The number of benzene rings is 2. The van der Waals surface area contributed by atoms with Gasteiger partial charge in [0, 0.05) is 11.6 Å². The molecule has 0 radical (unpaired) electrons. The van der Waals surface area contributed by atoms with Gasteiger partial charge in [-0.05, 0) is 30.3 Å². The van der Waals surface area contributed by atoms with Crippen LogP contribution >= 0.6 is 0 Å². The number of primary amides is 1. The van der Waals surface area contributed by atoms with Crippen molar-refractivity contribution in [2.75, 3.05) is 26.6 Å². The van der Waals surface area contributed by atoms with Crippen molar-refractivity contribution >= 4 is 17.5 Å². The fourth-order valence-electron chi connectivity index (χ4n) is 2.13. The van der Waals surface area contributed by atoms with Crippen LogP contribution in [0.15, 0.2) is 36.4 Å². The number of anilines is 1. The van der Waals surface area contributed by atoms with Gasteiger partial charge in [-0.3, -0.25) is 9.59 Å². The Hall–Kier alpha value is -3.22. The van der Waals surface area contributed by atoms with Crippen LogP contribution in [-0.4, -0.2) is 33.1 Å². The van der Waals surface area contributed by atoms with Gasteiger partial charge in [0.25, 0.3) is 5.91 Å². The lowest BCUT2D eigenvalue weighted by Gasteiger charge is -2.13. The van der Waals surface area contributed by atoms with E-state index in [9.17, 15) is 9.59 Å². The van der Waals surface area contributed by atoms with Crippen LogP contribution in [-0.2, 0) is 0 Å². The van der Waals surface area contributed by atoms with E-state index < -0.39 is 11.8 Å². The number of carbonyl (C=O) groups excluding carboxylic acids is 2. The molecule has 0 spiro atoms. The number of methoxy groups -OCH3 is 3. The lowest BCUT2D eigenvalue weighted by Crippen LogP contribution is -2.17. The minimum absolute atomic E-state index is 0.187. The van der Waals surface area contributed by atoms with Crippen LogP contribution < -0.4 is 25.3 Å². The molecule has 3 N–H and O–H groups in total. The van der Waals surface area contributed by atoms with Gasteiger partial charge < -0.3 is 25.3 Å². The summed E-state index contributed by atoms with van der Waals surface area (Å²) in [7, 11) is 4.45. The van der Waals surface area contributed by atoms with Crippen molar-refractivity contribution in [1.29, 1.82) is 0 Å². The Kier molecular flexibility index (Phi) is 5.26. The summed E-state index contributed by atoms with van der Waals surface area (Å²) in [5, 5.41) is 2.72. The molecule has 2 rings (SSSR count). The largest absolute Gasteiger partial charge is 0.497 e. The van der Waals surface area contributed by atoms with E-state index in [0.29, 0.717) is 22.9 Å². The molecule has 7 nitrogen and oxygen atoms in total. The van der Waals surface area contributed by atoms with Crippen LogP contribution in [0.2, 0.25) is 0 Å². The van der Waals surface area contributed by atoms with Crippen molar-refractivity contribution in [3.63, 3.8) is 0 Å². The van der Waals surface area contributed by atoms with Gasteiger partial charge in [0.05, 0.1) is 32.6 Å². The number of nitrogens with one attached hydrogen (secondary N) is 1. The third kappa shape index (κ3) is 3.57. The molecule has 0 saturated heterocycles.